The Morgan fingerprint density at radius 3 is 2.70 bits per heavy atom. The summed E-state index contributed by atoms with van der Waals surface area (Å²) in [7, 11) is 0. The van der Waals surface area contributed by atoms with Gasteiger partial charge in [0.05, 0.1) is 5.97 Å². The van der Waals surface area contributed by atoms with E-state index in [1.807, 2.05) is 0 Å². The summed E-state index contributed by atoms with van der Waals surface area (Å²) < 4.78 is 0. The van der Waals surface area contributed by atoms with Crippen LogP contribution in [0.2, 0.25) is 0 Å². The van der Waals surface area contributed by atoms with Crippen LogP contribution in [0.15, 0.2) is 11.8 Å². The number of rotatable bonds is 1. The predicted molar refractivity (Wildman–Crippen MR) is 30.5 cm³/mol. The zero-order chi connectivity index (χ0) is 7.56. The van der Waals surface area contributed by atoms with Crippen LogP contribution in [0.1, 0.15) is 12.8 Å². The molecule has 0 aliphatic carbocycles. The van der Waals surface area contributed by atoms with Crippen LogP contribution >= 0.6 is 0 Å². The number of carbonyl (C=O) groups is 2. The maximum Gasteiger partial charge on any atom is 0.224 e. The van der Waals surface area contributed by atoms with E-state index in [2.05, 4.69) is 5.32 Å². The molecule has 0 saturated heterocycles. The van der Waals surface area contributed by atoms with E-state index in [1.165, 1.54) is 6.20 Å². The second-order valence-corrected chi connectivity index (χ2v) is 2.02. The molecule has 0 aromatic rings. The summed E-state index contributed by atoms with van der Waals surface area (Å²) in [5.74, 6) is -1.36. The van der Waals surface area contributed by atoms with Crippen molar-refractivity contribution in [2.24, 2.45) is 0 Å². The molecule has 0 aromatic heterocycles. The van der Waals surface area contributed by atoms with Gasteiger partial charge in [-0.1, -0.05) is 0 Å². The van der Waals surface area contributed by atoms with E-state index in [0.717, 1.165) is 0 Å². The lowest BCUT2D eigenvalue weighted by molar-refractivity contribution is -0.299. The van der Waals surface area contributed by atoms with Gasteiger partial charge in [-0.2, -0.15) is 0 Å². The molecule has 1 rings (SSSR count). The van der Waals surface area contributed by atoms with E-state index in [4.69, 9.17) is 0 Å². The van der Waals surface area contributed by atoms with Crippen LogP contribution in [0.3, 0.4) is 0 Å². The summed E-state index contributed by atoms with van der Waals surface area (Å²) in [4.78, 5) is 20.6. The van der Waals surface area contributed by atoms with Gasteiger partial charge >= 0.3 is 0 Å². The number of amides is 1. The zero-order valence-corrected chi connectivity index (χ0v) is 5.22. The van der Waals surface area contributed by atoms with Crippen LogP contribution in [-0.2, 0) is 9.59 Å². The molecule has 0 aromatic carbocycles. The molecule has 1 heterocycles. The van der Waals surface area contributed by atoms with Crippen LogP contribution < -0.4 is 10.4 Å². The summed E-state index contributed by atoms with van der Waals surface area (Å²) in [5, 5.41) is 12.4. The largest absolute Gasteiger partial charge is 0.545 e. The van der Waals surface area contributed by atoms with Crippen LogP contribution in [0.25, 0.3) is 0 Å². The second kappa shape index (κ2) is 2.51. The minimum absolute atomic E-state index is 0.148. The lowest BCUT2D eigenvalue weighted by Crippen LogP contribution is -2.31. The van der Waals surface area contributed by atoms with Gasteiger partial charge in [-0.25, -0.2) is 0 Å². The fourth-order valence-corrected chi connectivity index (χ4v) is 0.721. The number of hydrogen-bond acceptors (Lipinski definition) is 3. The molecule has 10 heavy (non-hydrogen) atoms. The first-order chi connectivity index (χ1) is 4.70. The molecular weight excluding hydrogens is 134 g/mol. The molecule has 54 valence electrons. The molecule has 1 aliphatic rings. The van der Waals surface area contributed by atoms with Crippen molar-refractivity contribution >= 4 is 11.9 Å². The van der Waals surface area contributed by atoms with Crippen LogP contribution in [0, 0.1) is 0 Å². The second-order valence-electron chi connectivity index (χ2n) is 2.02. The third kappa shape index (κ3) is 1.34. The molecule has 0 atom stereocenters. The summed E-state index contributed by atoms with van der Waals surface area (Å²) >= 11 is 0. The average Bonchev–Trinajstić information content (AvgIpc) is 1.88. The average molecular weight is 140 g/mol. The van der Waals surface area contributed by atoms with Crippen molar-refractivity contribution in [1.29, 1.82) is 0 Å². The number of carboxylic acid groups (broad SMARTS) is 1. The van der Waals surface area contributed by atoms with E-state index in [0.29, 0.717) is 0 Å². The molecule has 1 amide bonds. The van der Waals surface area contributed by atoms with Gasteiger partial charge in [0, 0.05) is 12.6 Å². The molecule has 1 aliphatic heterocycles. The van der Waals surface area contributed by atoms with E-state index in [9.17, 15) is 14.7 Å². The molecule has 0 radical (unpaired) electrons. The van der Waals surface area contributed by atoms with Crippen molar-refractivity contribution in [3.8, 4) is 0 Å². The molecule has 0 bridgehead atoms. The van der Waals surface area contributed by atoms with Gasteiger partial charge in [-0.3, -0.25) is 4.79 Å². The van der Waals surface area contributed by atoms with Gasteiger partial charge in [0.1, 0.15) is 0 Å². The smallest absolute Gasteiger partial charge is 0.224 e. The van der Waals surface area contributed by atoms with Crippen molar-refractivity contribution in [1.82, 2.24) is 5.32 Å². The van der Waals surface area contributed by atoms with Crippen molar-refractivity contribution < 1.29 is 14.7 Å². The molecule has 1 N–H and O–H groups in total. The fourth-order valence-electron chi connectivity index (χ4n) is 0.721. The first-order valence-electron chi connectivity index (χ1n) is 2.90. The Morgan fingerprint density at radius 1 is 1.60 bits per heavy atom. The first-order valence-corrected chi connectivity index (χ1v) is 2.90. The molecule has 0 fully saturated rings. The van der Waals surface area contributed by atoms with E-state index in [1.54, 1.807) is 0 Å². The number of carboxylic acids is 1. The first kappa shape index (κ1) is 6.80. The Kier molecular flexibility index (Phi) is 1.71. The predicted octanol–water partition coefficient (Wildman–Crippen LogP) is -1.47. The SMILES string of the molecule is O=C1CCC(C(=O)[O-])=CN1. The number of hydrogen-bond donors (Lipinski definition) is 1. The van der Waals surface area contributed by atoms with Crippen molar-refractivity contribution in [3.05, 3.63) is 11.8 Å². The normalized spacial score (nSPS) is 17.6. The zero-order valence-electron chi connectivity index (χ0n) is 5.22. The Labute approximate surface area is 57.5 Å². The van der Waals surface area contributed by atoms with E-state index < -0.39 is 5.97 Å². The van der Waals surface area contributed by atoms with Crippen LogP contribution in [0.4, 0.5) is 0 Å². The number of aliphatic carboxylic acids is 1. The highest BCUT2D eigenvalue weighted by atomic mass is 16.4. The lowest BCUT2D eigenvalue weighted by Gasteiger charge is -2.12. The molecule has 4 heteroatoms. The van der Waals surface area contributed by atoms with E-state index in [-0.39, 0.29) is 24.3 Å². The van der Waals surface area contributed by atoms with Gasteiger partial charge in [0.25, 0.3) is 0 Å². The topological polar surface area (TPSA) is 69.2 Å². The van der Waals surface area contributed by atoms with Crippen LogP contribution in [-0.4, -0.2) is 11.9 Å². The van der Waals surface area contributed by atoms with Gasteiger partial charge in [-0.05, 0) is 12.0 Å². The maximum absolute atomic E-state index is 10.5. The molecule has 0 unspecified atom stereocenters. The summed E-state index contributed by atoms with van der Waals surface area (Å²) in [6.45, 7) is 0. The minimum atomic E-state index is -1.21. The fraction of sp³-hybridized carbons (Fsp3) is 0.333. The Hall–Kier alpha value is -1.32. The van der Waals surface area contributed by atoms with Gasteiger partial charge in [-0.15, -0.1) is 0 Å². The Morgan fingerprint density at radius 2 is 2.30 bits per heavy atom. The standard InChI is InChI=1S/C6H7NO3/c8-5-2-1-4(3-7-5)6(9)10/h3H,1-2H2,(H,7,8)(H,9,10)/p-1. The maximum atomic E-state index is 10.5. The number of nitrogens with one attached hydrogen (secondary N) is 1. The highest BCUT2D eigenvalue weighted by Gasteiger charge is 2.09. The van der Waals surface area contributed by atoms with Crippen molar-refractivity contribution in [2.45, 2.75) is 12.8 Å². The summed E-state index contributed by atoms with van der Waals surface area (Å²) in [6, 6.07) is 0. The quantitative estimate of drug-likeness (QED) is 0.483. The molecule has 4 nitrogen and oxygen atoms in total. The molecular formula is C6H6NO3-. The summed E-state index contributed by atoms with van der Waals surface area (Å²) in [5.41, 5.74) is 0.152. The van der Waals surface area contributed by atoms with Crippen molar-refractivity contribution in [2.75, 3.05) is 0 Å². The van der Waals surface area contributed by atoms with E-state index >= 15 is 0 Å². The monoisotopic (exact) mass is 140 g/mol. The highest BCUT2D eigenvalue weighted by molar-refractivity contribution is 5.89. The van der Waals surface area contributed by atoms with Crippen LogP contribution in [0.5, 0.6) is 0 Å². The van der Waals surface area contributed by atoms with Gasteiger partial charge in [0.2, 0.25) is 5.91 Å². The lowest BCUT2D eigenvalue weighted by atomic mass is 10.1. The third-order valence-electron chi connectivity index (χ3n) is 1.29. The Bertz CT molecular complexity index is 207. The minimum Gasteiger partial charge on any atom is -0.545 e. The molecule has 0 spiro atoms. The number of carbonyl (C=O) groups excluding carboxylic acids is 2. The van der Waals surface area contributed by atoms with Gasteiger partial charge < -0.3 is 15.2 Å². The highest BCUT2D eigenvalue weighted by Crippen LogP contribution is 2.06. The molecule has 0 saturated carbocycles. The van der Waals surface area contributed by atoms with Crippen molar-refractivity contribution in [3.63, 3.8) is 0 Å². The van der Waals surface area contributed by atoms with Gasteiger partial charge in [0.15, 0.2) is 0 Å². The Balaban J connectivity index is 2.65. The summed E-state index contributed by atoms with van der Waals surface area (Å²) in [6.07, 6.45) is 1.69. The third-order valence-corrected chi connectivity index (χ3v) is 1.29.